The first-order valence-corrected chi connectivity index (χ1v) is 7.89. The highest BCUT2D eigenvalue weighted by atomic mass is 16.2. The Hall–Kier alpha value is -2.38. The second-order valence-corrected chi connectivity index (χ2v) is 6.16. The second-order valence-electron chi connectivity index (χ2n) is 6.16. The Balaban J connectivity index is 1.90. The Kier molecular flexibility index (Phi) is 4.06. The van der Waals surface area contributed by atoms with Crippen molar-refractivity contribution >= 4 is 17.1 Å². The smallest absolute Gasteiger partial charge is 0.332 e. The van der Waals surface area contributed by atoms with Gasteiger partial charge in [-0.25, -0.2) is 14.3 Å². The van der Waals surface area contributed by atoms with E-state index in [0.29, 0.717) is 11.2 Å². The zero-order valence-corrected chi connectivity index (χ0v) is 13.4. The van der Waals surface area contributed by atoms with Crippen LogP contribution in [-0.2, 0) is 25.4 Å². The van der Waals surface area contributed by atoms with Crippen molar-refractivity contribution < 1.29 is 4.79 Å². The fourth-order valence-corrected chi connectivity index (χ4v) is 3.20. The molecular formula is C15H21N5O3. The number of nitrogens with zero attached hydrogens (tertiary/aromatic N) is 4. The van der Waals surface area contributed by atoms with Gasteiger partial charge in [-0.2, -0.15) is 0 Å². The number of imidazole rings is 1. The highest BCUT2D eigenvalue weighted by Crippen LogP contribution is 2.17. The van der Waals surface area contributed by atoms with Crippen LogP contribution in [0.5, 0.6) is 0 Å². The Labute approximate surface area is 132 Å². The Morgan fingerprint density at radius 2 is 1.96 bits per heavy atom. The van der Waals surface area contributed by atoms with Crippen LogP contribution in [0.1, 0.15) is 32.1 Å². The molecule has 2 aromatic rings. The lowest BCUT2D eigenvalue weighted by molar-refractivity contribution is -0.122. The zero-order chi connectivity index (χ0) is 16.6. The number of nitrogens with one attached hydrogen (secondary N) is 1. The van der Waals surface area contributed by atoms with Crippen LogP contribution in [0.2, 0.25) is 0 Å². The molecule has 1 aliphatic rings. The maximum Gasteiger partial charge on any atom is 0.332 e. The molecule has 1 amide bonds. The van der Waals surface area contributed by atoms with Gasteiger partial charge in [0.1, 0.15) is 6.54 Å². The largest absolute Gasteiger partial charge is 0.352 e. The van der Waals surface area contributed by atoms with Gasteiger partial charge < -0.3 is 9.88 Å². The fraction of sp³-hybridized carbons (Fsp3) is 0.600. The monoisotopic (exact) mass is 319 g/mol. The predicted octanol–water partition coefficient (Wildman–Crippen LogP) is -0.117. The van der Waals surface area contributed by atoms with Crippen LogP contribution in [0.25, 0.3) is 11.2 Å². The molecule has 124 valence electrons. The normalized spacial score (nSPS) is 15.9. The number of carbonyl (C=O) groups is 1. The number of fused-ring (bicyclic) bond motifs is 1. The molecule has 0 radical (unpaired) electrons. The van der Waals surface area contributed by atoms with E-state index in [0.717, 1.165) is 30.3 Å². The Morgan fingerprint density at radius 3 is 2.65 bits per heavy atom. The van der Waals surface area contributed by atoms with Crippen LogP contribution in [0, 0.1) is 0 Å². The standard InChI is InChI=1S/C15H21N5O3/c1-18-9-16-13-12(18)14(22)20(15(23)19(13)2)8-11(21)17-10-6-4-3-5-7-10/h9-10H,3-8H2,1-2H3,(H,17,21). The van der Waals surface area contributed by atoms with Crippen LogP contribution in [0.4, 0.5) is 0 Å². The van der Waals surface area contributed by atoms with Crippen molar-refractivity contribution in [1.29, 1.82) is 0 Å². The van der Waals surface area contributed by atoms with Crippen molar-refractivity contribution in [3.05, 3.63) is 27.2 Å². The molecule has 2 heterocycles. The molecule has 8 nitrogen and oxygen atoms in total. The first-order chi connectivity index (χ1) is 11.0. The van der Waals surface area contributed by atoms with Crippen molar-refractivity contribution in [2.45, 2.75) is 44.7 Å². The lowest BCUT2D eigenvalue weighted by Gasteiger charge is -2.22. The minimum absolute atomic E-state index is 0.149. The average molecular weight is 319 g/mol. The topological polar surface area (TPSA) is 90.9 Å². The molecule has 1 aliphatic carbocycles. The van der Waals surface area contributed by atoms with Crippen molar-refractivity contribution in [1.82, 2.24) is 24.0 Å². The van der Waals surface area contributed by atoms with Gasteiger partial charge in [-0.15, -0.1) is 0 Å². The zero-order valence-electron chi connectivity index (χ0n) is 13.4. The predicted molar refractivity (Wildman–Crippen MR) is 85.2 cm³/mol. The quantitative estimate of drug-likeness (QED) is 0.854. The lowest BCUT2D eigenvalue weighted by Crippen LogP contribution is -2.45. The third-order valence-electron chi connectivity index (χ3n) is 4.47. The molecule has 0 aliphatic heterocycles. The SMILES string of the molecule is Cn1cnc2c1c(=O)n(CC(=O)NC1CCCCC1)c(=O)n2C. The molecule has 0 bridgehead atoms. The van der Waals surface area contributed by atoms with E-state index in [2.05, 4.69) is 10.3 Å². The number of rotatable bonds is 3. The third kappa shape index (κ3) is 2.80. The van der Waals surface area contributed by atoms with E-state index in [1.807, 2.05) is 0 Å². The van der Waals surface area contributed by atoms with Gasteiger partial charge in [-0.3, -0.25) is 14.2 Å². The Bertz CT molecular complexity index is 854. The third-order valence-corrected chi connectivity index (χ3v) is 4.47. The summed E-state index contributed by atoms with van der Waals surface area (Å²) in [7, 11) is 3.24. The summed E-state index contributed by atoms with van der Waals surface area (Å²) >= 11 is 0. The molecule has 1 saturated carbocycles. The summed E-state index contributed by atoms with van der Waals surface area (Å²) in [5, 5.41) is 2.93. The first-order valence-electron chi connectivity index (χ1n) is 7.89. The van der Waals surface area contributed by atoms with E-state index in [-0.39, 0.29) is 18.5 Å². The average Bonchev–Trinajstić information content (AvgIpc) is 2.92. The molecule has 1 fully saturated rings. The summed E-state index contributed by atoms with van der Waals surface area (Å²) in [6, 6.07) is 0.149. The highest BCUT2D eigenvalue weighted by molar-refractivity contribution is 5.76. The fourth-order valence-electron chi connectivity index (χ4n) is 3.20. The number of carbonyl (C=O) groups excluding carboxylic acids is 1. The van der Waals surface area contributed by atoms with Crippen LogP contribution < -0.4 is 16.6 Å². The van der Waals surface area contributed by atoms with Crippen molar-refractivity contribution in [2.75, 3.05) is 0 Å². The maximum atomic E-state index is 12.5. The van der Waals surface area contributed by atoms with Gasteiger partial charge in [-0.05, 0) is 12.8 Å². The molecule has 0 atom stereocenters. The van der Waals surface area contributed by atoms with Crippen LogP contribution in [0.15, 0.2) is 15.9 Å². The molecule has 23 heavy (non-hydrogen) atoms. The van der Waals surface area contributed by atoms with E-state index < -0.39 is 11.2 Å². The van der Waals surface area contributed by atoms with E-state index in [1.165, 1.54) is 17.3 Å². The number of hydrogen-bond acceptors (Lipinski definition) is 4. The molecule has 0 saturated heterocycles. The van der Waals surface area contributed by atoms with Gasteiger partial charge in [0.2, 0.25) is 5.91 Å². The summed E-state index contributed by atoms with van der Waals surface area (Å²) in [6.07, 6.45) is 6.81. The molecule has 0 spiro atoms. The van der Waals surface area contributed by atoms with Gasteiger partial charge in [0, 0.05) is 20.1 Å². The van der Waals surface area contributed by atoms with Crippen molar-refractivity contribution in [2.24, 2.45) is 14.1 Å². The van der Waals surface area contributed by atoms with E-state index in [1.54, 1.807) is 18.7 Å². The molecule has 8 heteroatoms. The minimum Gasteiger partial charge on any atom is -0.352 e. The van der Waals surface area contributed by atoms with Crippen molar-refractivity contribution in [3.8, 4) is 0 Å². The van der Waals surface area contributed by atoms with Gasteiger partial charge in [0.05, 0.1) is 6.33 Å². The Morgan fingerprint density at radius 1 is 1.26 bits per heavy atom. The van der Waals surface area contributed by atoms with Gasteiger partial charge in [0.25, 0.3) is 5.56 Å². The second kappa shape index (κ2) is 6.02. The molecule has 0 aromatic carbocycles. The number of aryl methyl sites for hydroxylation is 2. The van der Waals surface area contributed by atoms with Crippen LogP contribution in [-0.4, -0.2) is 30.6 Å². The van der Waals surface area contributed by atoms with Gasteiger partial charge in [0.15, 0.2) is 11.2 Å². The number of aromatic nitrogens is 4. The van der Waals surface area contributed by atoms with Gasteiger partial charge in [-0.1, -0.05) is 19.3 Å². The minimum atomic E-state index is -0.528. The summed E-state index contributed by atoms with van der Waals surface area (Å²) < 4.78 is 3.83. The summed E-state index contributed by atoms with van der Waals surface area (Å²) in [4.78, 5) is 41.1. The maximum absolute atomic E-state index is 12.5. The number of hydrogen-bond donors (Lipinski definition) is 1. The van der Waals surface area contributed by atoms with E-state index >= 15 is 0 Å². The lowest BCUT2D eigenvalue weighted by atomic mass is 9.95. The van der Waals surface area contributed by atoms with E-state index in [9.17, 15) is 14.4 Å². The molecule has 3 rings (SSSR count). The molecule has 2 aromatic heterocycles. The van der Waals surface area contributed by atoms with E-state index in [4.69, 9.17) is 0 Å². The highest BCUT2D eigenvalue weighted by Gasteiger charge is 2.19. The molecule has 0 unspecified atom stereocenters. The molecule has 1 N–H and O–H groups in total. The first kappa shape index (κ1) is 15.5. The van der Waals surface area contributed by atoms with Crippen molar-refractivity contribution in [3.63, 3.8) is 0 Å². The van der Waals surface area contributed by atoms with Crippen LogP contribution >= 0.6 is 0 Å². The van der Waals surface area contributed by atoms with Crippen LogP contribution in [0.3, 0.4) is 0 Å². The summed E-state index contributed by atoms with van der Waals surface area (Å²) in [5.74, 6) is -0.294. The summed E-state index contributed by atoms with van der Waals surface area (Å²) in [6.45, 7) is -0.261. The van der Waals surface area contributed by atoms with Gasteiger partial charge >= 0.3 is 5.69 Å². The number of amides is 1. The summed E-state index contributed by atoms with van der Waals surface area (Å²) in [5.41, 5.74) is -0.370. The molecular weight excluding hydrogens is 298 g/mol.